The van der Waals surface area contributed by atoms with Gasteiger partial charge in [0.2, 0.25) is 0 Å². The van der Waals surface area contributed by atoms with Crippen LogP contribution in [0.3, 0.4) is 0 Å². The number of phosphoric ester groups is 1. The fraction of sp³-hybridized carbons (Fsp3) is 0.841. The van der Waals surface area contributed by atoms with Crippen molar-refractivity contribution in [3.63, 3.8) is 0 Å². The monoisotopic (exact) mass is 831 g/mol. The highest BCUT2D eigenvalue weighted by Gasteiger charge is 2.39. The molecule has 3 N–H and O–H groups in total. The Kier molecular flexibility index (Phi) is 29.7. The summed E-state index contributed by atoms with van der Waals surface area (Å²) in [5, 5.41) is 20.8. The minimum atomic E-state index is -4.44. The van der Waals surface area contributed by atoms with Gasteiger partial charge in [-0.1, -0.05) is 115 Å². The second-order valence-corrected chi connectivity index (χ2v) is 18.3. The van der Waals surface area contributed by atoms with Crippen molar-refractivity contribution in [2.75, 3.05) is 47.5 Å². The normalized spacial score (nSPS) is 19.6. The maximum atomic E-state index is 12.8. The number of phosphoric acid groups is 1. The standard InChI is InChI=1S/C44H80NO11P/c1-6-8-10-11-12-13-14-15-16-17-18-19-24-28-43(49)53-35-38(36-55-57(51,52)54-33-32-45(3,4)5)56-44(50)29-25-21-20-23-27-39-40(42(48)34-41(39)47)31-30-37(46)26-22-9-7-2/h13-14,30-31,37-41,46-47H,6-12,15-29,32-36H2,1-5H3/p+1/b14-13-,31-30+/t37-,38+,39+,40+,41-/m0/s1. The first-order chi connectivity index (χ1) is 27.2. The number of rotatable bonds is 36. The van der Waals surface area contributed by atoms with Crippen LogP contribution in [0.15, 0.2) is 24.3 Å². The molecule has 13 heteroatoms. The van der Waals surface area contributed by atoms with Gasteiger partial charge in [0, 0.05) is 25.2 Å². The van der Waals surface area contributed by atoms with Gasteiger partial charge in [-0.15, -0.1) is 0 Å². The number of Topliss-reactive ketones (excluding diaryl/α,β-unsaturated/α-hetero) is 1. The molecule has 0 heterocycles. The number of ether oxygens (including phenoxy) is 2. The predicted molar refractivity (Wildman–Crippen MR) is 225 cm³/mol. The second kappa shape index (κ2) is 31.9. The quantitative estimate of drug-likeness (QED) is 0.0181. The highest BCUT2D eigenvalue weighted by atomic mass is 31.2. The molecule has 0 saturated heterocycles. The van der Waals surface area contributed by atoms with Crippen LogP contribution in [0.5, 0.6) is 0 Å². The van der Waals surface area contributed by atoms with Crippen molar-refractivity contribution in [3.8, 4) is 0 Å². The largest absolute Gasteiger partial charge is 0.472 e. The third kappa shape index (κ3) is 29.0. The molecule has 332 valence electrons. The van der Waals surface area contributed by atoms with Crippen molar-refractivity contribution < 1.29 is 57.1 Å². The Morgan fingerprint density at radius 3 is 2.04 bits per heavy atom. The van der Waals surface area contributed by atoms with Crippen molar-refractivity contribution in [1.29, 1.82) is 0 Å². The van der Waals surface area contributed by atoms with Crippen molar-refractivity contribution in [2.45, 2.75) is 180 Å². The zero-order valence-electron chi connectivity index (χ0n) is 36.3. The lowest BCUT2D eigenvalue weighted by Gasteiger charge is -2.24. The van der Waals surface area contributed by atoms with E-state index in [-0.39, 0.29) is 44.2 Å². The fourth-order valence-electron chi connectivity index (χ4n) is 6.79. The topological polar surface area (TPSA) is 166 Å². The highest BCUT2D eigenvalue weighted by molar-refractivity contribution is 7.47. The summed E-state index contributed by atoms with van der Waals surface area (Å²) in [6.45, 7) is 4.01. The number of likely N-dealkylation sites (N-methyl/N-ethyl adjacent to an activating group) is 1. The molecule has 0 aromatic rings. The molecule has 0 spiro atoms. The predicted octanol–water partition coefficient (Wildman–Crippen LogP) is 8.94. The minimum Gasteiger partial charge on any atom is -0.462 e. The van der Waals surface area contributed by atoms with Gasteiger partial charge in [-0.25, -0.2) is 4.57 Å². The Bertz CT molecular complexity index is 1190. The van der Waals surface area contributed by atoms with Crippen molar-refractivity contribution >= 4 is 25.5 Å². The maximum Gasteiger partial charge on any atom is 0.472 e. The molecular weight excluding hydrogens is 749 g/mol. The van der Waals surface area contributed by atoms with Crippen LogP contribution >= 0.6 is 7.82 Å². The molecule has 1 fully saturated rings. The average Bonchev–Trinajstić information content (AvgIpc) is 3.41. The summed E-state index contributed by atoms with van der Waals surface area (Å²) in [4.78, 5) is 48.1. The number of esters is 2. The summed E-state index contributed by atoms with van der Waals surface area (Å²) in [5.41, 5.74) is 0. The van der Waals surface area contributed by atoms with Gasteiger partial charge in [0.05, 0.1) is 40.0 Å². The van der Waals surface area contributed by atoms with Crippen LogP contribution in [0.4, 0.5) is 0 Å². The van der Waals surface area contributed by atoms with Gasteiger partial charge < -0.3 is 29.1 Å². The third-order valence-corrected chi connectivity index (χ3v) is 11.3. The molecule has 1 aliphatic rings. The first-order valence-electron chi connectivity index (χ1n) is 22.2. The zero-order valence-corrected chi connectivity index (χ0v) is 37.2. The lowest BCUT2D eigenvalue weighted by Crippen LogP contribution is -2.37. The SMILES string of the molecule is CCCCCC/C=C\CCCCCCCC(=O)OC[C@H](COP(=O)(O)OCC[N+](C)(C)C)OC(=O)CCCCCC[C@H]1[C@@H](O)CC(=O)[C@@H]1/C=C/[C@@H](O)CCCCC. The Labute approximate surface area is 345 Å². The van der Waals surface area contributed by atoms with Gasteiger partial charge in [0.1, 0.15) is 25.5 Å². The van der Waals surface area contributed by atoms with E-state index in [9.17, 15) is 34.1 Å². The smallest absolute Gasteiger partial charge is 0.462 e. The molecule has 57 heavy (non-hydrogen) atoms. The molecule has 0 amide bonds. The van der Waals surface area contributed by atoms with E-state index in [2.05, 4.69) is 26.0 Å². The van der Waals surface area contributed by atoms with Gasteiger partial charge in [0.25, 0.3) is 0 Å². The number of ketones is 1. The first kappa shape index (κ1) is 53.1. The highest BCUT2D eigenvalue weighted by Crippen LogP contribution is 2.43. The van der Waals surface area contributed by atoms with Gasteiger partial charge in [-0.2, -0.15) is 0 Å². The Morgan fingerprint density at radius 1 is 0.807 bits per heavy atom. The molecule has 12 nitrogen and oxygen atoms in total. The van der Waals surface area contributed by atoms with Gasteiger partial charge >= 0.3 is 19.8 Å². The summed E-state index contributed by atoms with van der Waals surface area (Å²) < 4.78 is 34.2. The van der Waals surface area contributed by atoms with Crippen LogP contribution in [0.2, 0.25) is 0 Å². The van der Waals surface area contributed by atoms with Crippen LogP contribution in [-0.2, 0) is 37.5 Å². The molecule has 1 saturated carbocycles. The number of aliphatic hydroxyl groups excluding tert-OH is 2. The van der Waals surface area contributed by atoms with Gasteiger partial charge in [-0.05, 0) is 57.3 Å². The second-order valence-electron chi connectivity index (χ2n) is 16.9. The van der Waals surface area contributed by atoms with Crippen molar-refractivity contribution in [2.24, 2.45) is 11.8 Å². The van der Waals surface area contributed by atoms with E-state index in [0.717, 1.165) is 77.0 Å². The number of hydrogen-bond acceptors (Lipinski definition) is 10. The molecule has 0 bridgehead atoms. The van der Waals surface area contributed by atoms with E-state index >= 15 is 0 Å². The minimum absolute atomic E-state index is 0.00219. The Hall–Kier alpha value is -1.92. The summed E-state index contributed by atoms with van der Waals surface area (Å²) in [5.74, 6) is -1.55. The lowest BCUT2D eigenvalue weighted by atomic mass is 9.88. The number of nitrogens with zero attached hydrogens (tertiary/aromatic N) is 1. The van der Waals surface area contributed by atoms with Crippen molar-refractivity contribution in [3.05, 3.63) is 24.3 Å². The van der Waals surface area contributed by atoms with Crippen LogP contribution in [0, 0.1) is 11.8 Å². The third-order valence-electron chi connectivity index (χ3n) is 10.4. The van der Waals surface area contributed by atoms with Crippen molar-refractivity contribution in [1.82, 2.24) is 0 Å². The van der Waals surface area contributed by atoms with Gasteiger partial charge in [-0.3, -0.25) is 23.4 Å². The van der Waals surface area contributed by atoms with Crippen LogP contribution in [-0.4, -0.2) is 103 Å². The van der Waals surface area contributed by atoms with E-state index in [0.29, 0.717) is 36.7 Å². The molecule has 0 aromatic carbocycles. The number of carbonyl (C=O) groups is 3. The molecule has 0 radical (unpaired) electrons. The average molecular weight is 831 g/mol. The van der Waals surface area contributed by atoms with Gasteiger partial charge in [0.15, 0.2) is 6.10 Å². The molecule has 0 aromatic heterocycles. The summed E-state index contributed by atoms with van der Waals surface area (Å²) >= 11 is 0. The molecule has 1 rings (SSSR count). The van der Waals surface area contributed by atoms with E-state index in [1.807, 2.05) is 21.1 Å². The number of quaternary nitrogens is 1. The Balaban J connectivity index is 2.50. The number of carbonyl (C=O) groups excluding carboxylic acids is 3. The van der Waals surface area contributed by atoms with E-state index in [1.165, 1.54) is 25.7 Å². The number of allylic oxidation sites excluding steroid dienone is 3. The Morgan fingerprint density at radius 2 is 1.39 bits per heavy atom. The van der Waals surface area contributed by atoms with Crippen LogP contribution in [0.1, 0.15) is 162 Å². The molecule has 1 unspecified atom stereocenters. The molecular formula is C44H81NO11P+. The maximum absolute atomic E-state index is 12.8. The van der Waals surface area contributed by atoms with E-state index < -0.39 is 50.6 Å². The number of aliphatic hydroxyl groups is 2. The zero-order chi connectivity index (χ0) is 42.4. The first-order valence-corrected chi connectivity index (χ1v) is 23.7. The molecule has 6 atom stereocenters. The van der Waals surface area contributed by atoms with Crippen LogP contribution < -0.4 is 0 Å². The van der Waals surface area contributed by atoms with E-state index in [4.69, 9.17) is 18.5 Å². The van der Waals surface area contributed by atoms with E-state index in [1.54, 1.807) is 12.2 Å². The summed E-state index contributed by atoms with van der Waals surface area (Å²) in [7, 11) is 1.33. The molecule has 0 aliphatic heterocycles. The summed E-state index contributed by atoms with van der Waals surface area (Å²) in [6.07, 6.45) is 25.6. The molecule has 1 aliphatic carbocycles. The number of unbranched alkanes of at least 4 members (excludes halogenated alkanes) is 14. The fourth-order valence-corrected chi connectivity index (χ4v) is 7.54. The number of hydrogen-bond donors (Lipinski definition) is 3. The van der Waals surface area contributed by atoms with Crippen LogP contribution in [0.25, 0.3) is 0 Å². The lowest BCUT2D eigenvalue weighted by molar-refractivity contribution is -0.870. The summed E-state index contributed by atoms with van der Waals surface area (Å²) in [6, 6.07) is 0.